The summed E-state index contributed by atoms with van der Waals surface area (Å²) in [7, 11) is -6.92. The second kappa shape index (κ2) is 6.58. The number of hydrogen-bond acceptors (Lipinski definition) is 5. The molecule has 1 amide bonds. The smallest absolute Gasteiger partial charge is 0.257 e. The van der Waals surface area contributed by atoms with Crippen molar-refractivity contribution in [3.05, 3.63) is 29.3 Å². The summed E-state index contributed by atoms with van der Waals surface area (Å²) in [5, 5.41) is 0. The fourth-order valence-corrected chi connectivity index (χ4v) is 5.58. The Morgan fingerprint density at radius 1 is 1.30 bits per heavy atom. The summed E-state index contributed by atoms with van der Waals surface area (Å²) in [6, 6.07) is 5.01. The van der Waals surface area contributed by atoms with Crippen molar-refractivity contribution >= 4 is 25.8 Å². The lowest BCUT2D eigenvalue weighted by molar-refractivity contribution is -0.122. The minimum Gasteiger partial charge on any atom is -0.278 e. The molecule has 0 aliphatic carbocycles. The molecule has 0 saturated carbocycles. The molecule has 9 heteroatoms. The van der Waals surface area contributed by atoms with Gasteiger partial charge in [0.1, 0.15) is 0 Å². The highest BCUT2D eigenvalue weighted by atomic mass is 32.2. The van der Waals surface area contributed by atoms with Crippen LogP contribution in [-0.2, 0) is 24.7 Å². The van der Waals surface area contributed by atoms with Gasteiger partial charge in [0.25, 0.3) is 10.0 Å². The molecule has 7 nitrogen and oxygen atoms in total. The van der Waals surface area contributed by atoms with Crippen LogP contribution in [0.5, 0.6) is 0 Å². The highest BCUT2D eigenvalue weighted by Crippen LogP contribution is 2.21. The maximum Gasteiger partial charge on any atom is 0.257 e. The van der Waals surface area contributed by atoms with Crippen molar-refractivity contribution in [1.82, 2.24) is 10.3 Å². The third-order valence-corrected chi connectivity index (χ3v) is 6.99. The largest absolute Gasteiger partial charge is 0.278 e. The highest BCUT2D eigenvalue weighted by molar-refractivity contribution is 7.91. The lowest BCUT2D eigenvalue weighted by atomic mass is 10.1. The molecular weight excluding hydrogens is 340 g/mol. The normalized spacial score (nSPS) is 20.3. The summed E-state index contributed by atoms with van der Waals surface area (Å²) >= 11 is 0. The number of nitrogens with one attached hydrogen (secondary N) is 2. The summed E-state index contributed by atoms with van der Waals surface area (Å²) in [5.41, 5.74) is 3.51. The number of carbonyl (C=O) groups is 1. The molecule has 0 aromatic heterocycles. The van der Waals surface area contributed by atoms with Gasteiger partial charge in [-0.25, -0.2) is 16.8 Å². The van der Waals surface area contributed by atoms with Crippen molar-refractivity contribution < 1.29 is 21.6 Å². The van der Waals surface area contributed by atoms with Gasteiger partial charge in [0, 0.05) is 6.42 Å². The molecule has 0 radical (unpaired) electrons. The Balaban J connectivity index is 1.97. The number of rotatable bonds is 5. The van der Waals surface area contributed by atoms with E-state index in [9.17, 15) is 21.6 Å². The SMILES string of the molecule is Cc1ccc(C)c(S(=O)(=O)NNC(=O)C[C@H]2CCS(=O)(=O)C2)c1. The van der Waals surface area contributed by atoms with Crippen LogP contribution in [0.1, 0.15) is 24.0 Å². The summed E-state index contributed by atoms with van der Waals surface area (Å²) in [6.07, 6.45) is 0.411. The molecule has 1 aliphatic heterocycles. The minimum absolute atomic E-state index is 0.0193. The Labute approximate surface area is 136 Å². The summed E-state index contributed by atoms with van der Waals surface area (Å²) in [6.45, 7) is 3.44. The van der Waals surface area contributed by atoms with Crippen molar-refractivity contribution in [2.24, 2.45) is 5.92 Å². The van der Waals surface area contributed by atoms with Crippen molar-refractivity contribution in [1.29, 1.82) is 0 Å². The first-order valence-corrected chi connectivity index (χ1v) is 10.5. The van der Waals surface area contributed by atoms with Crippen molar-refractivity contribution in [3.63, 3.8) is 0 Å². The molecular formula is C14H20N2O5S2. The van der Waals surface area contributed by atoms with Crippen LogP contribution in [0.2, 0.25) is 0 Å². The Morgan fingerprint density at radius 2 is 2.00 bits per heavy atom. The quantitative estimate of drug-likeness (QED) is 0.741. The van der Waals surface area contributed by atoms with E-state index in [1.807, 2.05) is 0 Å². The monoisotopic (exact) mass is 360 g/mol. The van der Waals surface area contributed by atoms with Crippen LogP contribution in [-0.4, -0.2) is 34.2 Å². The number of aryl methyl sites for hydroxylation is 2. The zero-order valence-corrected chi connectivity index (χ0v) is 14.6. The molecule has 1 heterocycles. The second-order valence-corrected chi connectivity index (χ2v) is 9.78. The average Bonchev–Trinajstić information content (AvgIpc) is 2.78. The number of carbonyl (C=O) groups excluding carboxylic acids is 1. The Bertz CT molecular complexity index is 816. The van der Waals surface area contributed by atoms with E-state index in [4.69, 9.17) is 0 Å². The predicted molar refractivity (Wildman–Crippen MR) is 85.8 cm³/mol. The van der Waals surface area contributed by atoms with E-state index in [1.165, 1.54) is 6.07 Å². The minimum atomic E-state index is -3.87. The maximum atomic E-state index is 12.2. The second-order valence-electron chi connectivity index (χ2n) is 5.90. The first-order valence-electron chi connectivity index (χ1n) is 7.17. The van der Waals surface area contributed by atoms with E-state index in [0.29, 0.717) is 12.0 Å². The molecule has 1 fully saturated rings. The average molecular weight is 360 g/mol. The van der Waals surface area contributed by atoms with Crippen molar-refractivity contribution in [2.45, 2.75) is 31.6 Å². The van der Waals surface area contributed by atoms with Crippen LogP contribution in [0, 0.1) is 19.8 Å². The van der Waals surface area contributed by atoms with E-state index in [1.54, 1.807) is 26.0 Å². The number of benzene rings is 1. The molecule has 2 rings (SSSR count). The van der Waals surface area contributed by atoms with Crippen molar-refractivity contribution in [2.75, 3.05) is 11.5 Å². The van der Waals surface area contributed by atoms with Gasteiger partial charge in [-0.15, -0.1) is 4.83 Å². The van der Waals surface area contributed by atoms with Gasteiger partial charge in [-0.2, -0.15) is 0 Å². The molecule has 1 aromatic carbocycles. The van der Waals surface area contributed by atoms with Crippen LogP contribution in [0.3, 0.4) is 0 Å². The molecule has 23 heavy (non-hydrogen) atoms. The number of sulfonamides is 1. The van der Waals surface area contributed by atoms with Gasteiger partial charge in [-0.05, 0) is 43.4 Å². The van der Waals surface area contributed by atoms with Gasteiger partial charge in [-0.3, -0.25) is 10.2 Å². The summed E-state index contributed by atoms with van der Waals surface area (Å²) < 4.78 is 47.2. The Hall–Kier alpha value is -1.45. The van der Waals surface area contributed by atoms with Crippen LogP contribution >= 0.6 is 0 Å². The standard InChI is InChI=1S/C14H20N2O5S2/c1-10-3-4-11(2)13(7-10)23(20,21)16-15-14(17)8-12-5-6-22(18,19)9-12/h3-4,7,12,16H,5-6,8-9H2,1-2H3,(H,15,17)/t12-/m1/s1. The van der Waals surface area contributed by atoms with Gasteiger partial charge >= 0.3 is 0 Å². The molecule has 1 aliphatic rings. The molecule has 1 saturated heterocycles. The fourth-order valence-electron chi connectivity index (χ4n) is 2.52. The van der Waals surface area contributed by atoms with E-state index < -0.39 is 25.8 Å². The van der Waals surface area contributed by atoms with Gasteiger partial charge in [0.05, 0.1) is 16.4 Å². The highest BCUT2D eigenvalue weighted by Gasteiger charge is 2.29. The van der Waals surface area contributed by atoms with E-state index in [-0.39, 0.29) is 28.7 Å². The molecule has 0 unspecified atom stereocenters. The Morgan fingerprint density at radius 3 is 2.61 bits per heavy atom. The third kappa shape index (κ3) is 4.76. The van der Waals surface area contributed by atoms with Gasteiger partial charge in [0.15, 0.2) is 9.84 Å². The zero-order valence-electron chi connectivity index (χ0n) is 13.0. The number of hydrogen-bond donors (Lipinski definition) is 2. The van der Waals surface area contributed by atoms with E-state index in [0.717, 1.165) is 5.56 Å². The fraction of sp³-hybridized carbons (Fsp3) is 0.500. The topological polar surface area (TPSA) is 109 Å². The number of sulfone groups is 1. The van der Waals surface area contributed by atoms with Crippen LogP contribution in [0.4, 0.5) is 0 Å². The van der Waals surface area contributed by atoms with Crippen molar-refractivity contribution in [3.8, 4) is 0 Å². The molecule has 128 valence electrons. The van der Waals surface area contributed by atoms with Gasteiger partial charge in [0.2, 0.25) is 5.91 Å². The molecule has 1 atom stereocenters. The van der Waals surface area contributed by atoms with E-state index >= 15 is 0 Å². The summed E-state index contributed by atoms with van der Waals surface area (Å²) in [5.74, 6) is -0.741. The first kappa shape index (κ1) is 17.9. The molecule has 2 N–H and O–H groups in total. The molecule has 0 spiro atoms. The number of hydrazine groups is 1. The van der Waals surface area contributed by atoms with Gasteiger partial charge in [-0.1, -0.05) is 12.1 Å². The van der Waals surface area contributed by atoms with E-state index in [2.05, 4.69) is 10.3 Å². The summed E-state index contributed by atoms with van der Waals surface area (Å²) in [4.78, 5) is 14.0. The third-order valence-electron chi connectivity index (χ3n) is 3.76. The van der Waals surface area contributed by atoms with Crippen LogP contribution in [0.15, 0.2) is 23.1 Å². The van der Waals surface area contributed by atoms with Crippen LogP contribution in [0.25, 0.3) is 0 Å². The molecule has 1 aromatic rings. The molecule has 0 bridgehead atoms. The van der Waals surface area contributed by atoms with Gasteiger partial charge < -0.3 is 0 Å². The lowest BCUT2D eigenvalue weighted by Crippen LogP contribution is -2.42. The number of amides is 1. The zero-order chi connectivity index (χ0) is 17.3. The first-order chi connectivity index (χ1) is 10.6. The lowest BCUT2D eigenvalue weighted by Gasteiger charge is -2.12. The Kier molecular flexibility index (Phi) is 5.12. The van der Waals surface area contributed by atoms with Crippen LogP contribution < -0.4 is 10.3 Å². The predicted octanol–water partition coefficient (Wildman–Crippen LogP) is 0.438. The maximum absolute atomic E-state index is 12.2.